The van der Waals surface area contributed by atoms with Crippen LogP contribution in [0.3, 0.4) is 0 Å². The molecule has 2 aromatic heterocycles. The van der Waals surface area contributed by atoms with E-state index in [4.69, 9.17) is 0 Å². The van der Waals surface area contributed by atoms with Gasteiger partial charge in [0.05, 0.1) is 0 Å². The first-order chi connectivity index (χ1) is 8.33. The molecule has 7 nitrogen and oxygen atoms in total. The van der Waals surface area contributed by atoms with Gasteiger partial charge in [0.2, 0.25) is 11.9 Å². The molecule has 1 aliphatic heterocycles. The Labute approximate surface area is 97.3 Å². The van der Waals surface area contributed by atoms with E-state index >= 15 is 0 Å². The molecule has 1 aliphatic rings. The van der Waals surface area contributed by atoms with Gasteiger partial charge in [0.25, 0.3) is 0 Å². The normalized spacial score (nSPS) is 18.7. The number of amides is 1. The highest BCUT2D eigenvalue weighted by Gasteiger charge is 2.25. The Hall–Kier alpha value is -2.18. The van der Waals surface area contributed by atoms with E-state index in [0.717, 1.165) is 18.8 Å². The minimum absolute atomic E-state index is 0.0315. The van der Waals surface area contributed by atoms with Crippen molar-refractivity contribution in [3.8, 4) is 0 Å². The van der Waals surface area contributed by atoms with Gasteiger partial charge in [0.1, 0.15) is 12.2 Å². The molecule has 7 heteroatoms. The molecular weight excluding hydrogens is 220 g/mol. The average Bonchev–Trinajstić information content (AvgIpc) is 2.97. The highest BCUT2D eigenvalue weighted by Crippen LogP contribution is 2.19. The molecule has 0 spiro atoms. The van der Waals surface area contributed by atoms with Gasteiger partial charge in [-0.3, -0.25) is 10.1 Å². The Balaban J connectivity index is 1.68. The molecule has 3 rings (SSSR count). The van der Waals surface area contributed by atoms with Gasteiger partial charge < -0.3 is 4.57 Å². The maximum atomic E-state index is 12.0. The van der Waals surface area contributed by atoms with Crippen LogP contribution in [0.2, 0.25) is 0 Å². The molecule has 0 radical (unpaired) electrons. The maximum absolute atomic E-state index is 12.0. The summed E-state index contributed by atoms with van der Waals surface area (Å²) in [6, 6.07) is 0. The van der Waals surface area contributed by atoms with Gasteiger partial charge >= 0.3 is 0 Å². The molecule has 0 aliphatic carbocycles. The Bertz CT molecular complexity index is 517. The monoisotopic (exact) mass is 232 g/mol. The van der Waals surface area contributed by atoms with Gasteiger partial charge in [-0.05, 0) is 6.42 Å². The molecule has 0 saturated carbocycles. The van der Waals surface area contributed by atoms with Crippen LogP contribution in [0.4, 0.5) is 5.95 Å². The van der Waals surface area contributed by atoms with Crippen LogP contribution in [-0.4, -0.2) is 30.6 Å². The Morgan fingerprint density at radius 1 is 1.53 bits per heavy atom. The molecule has 1 amide bonds. The lowest BCUT2D eigenvalue weighted by Gasteiger charge is -2.21. The van der Waals surface area contributed by atoms with Crippen LogP contribution in [-0.2, 0) is 17.8 Å². The fraction of sp³-hybridized carbons (Fsp3) is 0.400. The average molecular weight is 232 g/mol. The van der Waals surface area contributed by atoms with Crippen molar-refractivity contribution in [1.82, 2.24) is 24.7 Å². The third-order valence-corrected chi connectivity index (χ3v) is 2.98. The smallest absolute Gasteiger partial charge is 0.230 e. The van der Waals surface area contributed by atoms with E-state index in [2.05, 4.69) is 30.0 Å². The van der Waals surface area contributed by atoms with Crippen LogP contribution in [0.1, 0.15) is 12.2 Å². The number of imidazole rings is 1. The maximum Gasteiger partial charge on any atom is 0.230 e. The first-order valence-electron chi connectivity index (χ1n) is 5.49. The van der Waals surface area contributed by atoms with Crippen LogP contribution in [0.5, 0.6) is 0 Å². The summed E-state index contributed by atoms with van der Waals surface area (Å²) in [4.78, 5) is 20.1. The second-order valence-corrected chi connectivity index (χ2v) is 4.05. The summed E-state index contributed by atoms with van der Waals surface area (Å²) in [5.41, 5.74) is 0. The van der Waals surface area contributed by atoms with Crippen LogP contribution in [0, 0.1) is 5.92 Å². The largest absolute Gasteiger partial charge is 0.335 e. The van der Waals surface area contributed by atoms with Gasteiger partial charge in [-0.15, -0.1) is 0 Å². The molecular formula is C10H12N6O. The Kier molecular flexibility index (Phi) is 2.36. The first kappa shape index (κ1) is 10.0. The molecule has 0 fully saturated rings. The van der Waals surface area contributed by atoms with Gasteiger partial charge in [-0.2, -0.15) is 10.1 Å². The fourth-order valence-electron chi connectivity index (χ4n) is 2.06. The minimum atomic E-state index is -0.0463. The first-order valence-corrected chi connectivity index (χ1v) is 5.49. The molecule has 1 unspecified atom stereocenters. The topological polar surface area (TPSA) is 88.5 Å². The van der Waals surface area contributed by atoms with Crippen molar-refractivity contribution in [3.05, 3.63) is 24.5 Å². The van der Waals surface area contributed by atoms with Crippen molar-refractivity contribution < 1.29 is 4.79 Å². The number of H-pyrrole nitrogens is 1. The van der Waals surface area contributed by atoms with E-state index in [1.165, 1.54) is 6.33 Å². The van der Waals surface area contributed by atoms with E-state index in [9.17, 15) is 4.79 Å². The summed E-state index contributed by atoms with van der Waals surface area (Å²) in [5.74, 6) is 1.28. The number of carbonyl (C=O) groups excluding carboxylic acids is 1. The molecule has 1 atom stereocenters. The predicted molar refractivity (Wildman–Crippen MR) is 59.1 cm³/mol. The van der Waals surface area contributed by atoms with Gasteiger partial charge in [-0.1, -0.05) is 0 Å². The predicted octanol–water partition coefficient (Wildman–Crippen LogP) is 0.202. The molecule has 0 aromatic carbocycles. The highest BCUT2D eigenvalue weighted by molar-refractivity contribution is 5.91. The van der Waals surface area contributed by atoms with Crippen LogP contribution < -0.4 is 5.32 Å². The molecule has 2 aromatic rings. The number of carbonyl (C=O) groups is 1. The van der Waals surface area contributed by atoms with Crippen LogP contribution >= 0.6 is 0 Å². The zero-order valence-corrected chi connectivity index (χ0v) is 9.13. The lowest BCUT2D eigenvalue weighted by Crippen LogP contribution is -2.30. The zero-order valence-electron chi connectivity index (χ0n) is 9.13. The van der Waals surface area contributed by atoms with Crippen LogP contribution in [0.15, 0.2) is 18.7 Å². The van der Waals surface area contributed by atoms with E-state index < -0.39 is 0 Å². The minimum Gasteiger partial charge on any atom is -0.335 e. The van der Waals surface area contributed by atoms with Crippen molar-refractivity contribution in [3.63, 3.8) is 0 Å². The summed E-state index contributed by atoms with van der Waals surface area (Å²) in [6.07, 6.45) is 6.57. The van der Waals surface area contributed by atoms with Crippen molar-refractivity contribution in [2.24, 2.45) is 5.92 Å². The van der Waals surface area contributed by atoms with Crippen LogP contribution in [0.25, 0.3) is 0 Å². The number of anilines is 1. The number of rotatable bonds is 2. The lowest BCUT2D eigenvalue weighted by atomic mass is 9.97. The lowest BCUT2D eigenvalue weighted by molar-refractivity contribution is -0.120. The van der Waals surface area contributed by atoms with Gasteiger partial charge in [-0.25, -0.2) is 10.1 Å². The third-order valence-electron chi connectivity index (χ3n) is 2.98. The molecule has 0 saturated heterocycles. The number of hydrogen-bond donors (Lipinski definition) is 2. The standard InChI is InChI=1S/C10H12N6O/c17-9(14-10-12-6-13-15-10)7-1-3-16-4-2-11-8(16)5-7/h2,4,6-7H,1,3,5H2,(H2,12,13,14,15,17). The number of aryl methyl sites for hydroxylation is 1. The summed E-state index contributed by atoms with van der Waals surface area (Å²) in [6.45, 7) is 0.837. The van der Waals surface area contributed by atoms with E-state index in [-0.39, 0.29) is 11.8 Å². The van der Waals surface area contributed by atoms with Crippen molar-refractivity contribution >= 4 is 11.9 Å². The number of aromatic nitrogens is 5. The quantitative estimate of drug-likeness (QED) is 0.774. The Morgan fingerprint density at radius 2 is 2.47 bits per heavy atom. The number of nitrogens with one attached hydrogen (secondary N) is 2. The van der Waals surface area contributed by atoms with Crippen molar-refractivity contribution in [2.45, 2.75) is 19.4 Å². The summed E-state index contributed by atoms with van der Waals surface area (Å²) < 4.78 is 2.08. The van der Waals surface area contributed by atoms with Crippen molar-refractivity contribution in [1.29, 1.82) is 0 Å². The fourth-order valence-corrected chi connectivity index (χ4v) is 2.06. The number of fused-ring (bicyclic) bond motifs is 1. The molecule has 2 N–H and O–H groups in total. The molecule has 3 heterocycles. The van der Waals surface area contributed by atoms with Gasteiger partial charge in [0, 0.05) is 31.3 Å². The Morgan fingerprint density at radius 3 is 3.29 bits per heavy atom. The molecule has 17 heavy (non-hydrogen) atoms. The van der Waals surface area contributed by atoms with Crippen molar-refractivity contribution in [2.75, 3.05) is 5.32 Å². The summed E-state index contributed by atoms with van der Waals surface area (Å²) >= 11 is 0. The van der Waals surface area contributed by atoms with E-state index in [1.54, 1.807) is 6.20 Å². The molecule has 88 valence electrons. The number of hydrogen-bond acceptors (Lipinski definition) is 4. The number of aromatic amines is 1. The third kappa shape index (κ3) is 1.91. The van der Waals surface area contributed by atoms with E-state index in [1.807, 2.05) is 6.20 Å². The molecule has 0 bridgehead atoms. The summed E-state index contributed by atoms with van der Waals surface area (Å²) in [7, 11) is 0. The van der Waals surface area contributed by atoms with E-state index in [0.29, 0.717) is 12.4 Å². The number of nitrogens with zero attached hydrogens (tertiary/aromatic N) is 4. The second kappa shape index (κ2) is 4.00. The highest BCUT2D eigenvalue weighted by atomic mass is 16.2. The zero-order chi connectivity index (χ0) is 11.7. The second-order valence-electron chi connectivity index (χ2n) is 4.05. The van der Waals surface area contributed by atoms with Gasteiger partial charge in [0.15, 0.2) is 0 Å². The SMILES string of the molecule is O=C(Nc1ncn[nH]1)C1CCn2ccnc2C1. The summed E-state index contributed by atoms with van der Waals surface area (Å²) in [5, 5.41) is 9.00.